The summed E-state index contributed by atoms with van der Waals surface area (Å²) in [5.41, 5.74) is 5.59. The Kier molecular flexibility index (Phi) is 3.81. The molecule has 0 bridgehead atoms. The molecule has 4 N–H and O–H groups in total. The zero-order valence-electron chi connectivity index (χ0n) is 13.9. The first-order valence-electron chi connectivity index (χ1n) is 8.56. The number of rotatable bonds is 4. The van der Waals surface area contributed by atoms with E-state index in [1.54, 1.807) is 4.90 Å². The highest BCUT2D eigenvalue weighted by Crippen LogP contribution is 2.38. The SMILES string of the molecule is CC1NNC(N2C(=O)NC3CCC(S(=O)(=O)NC4(C)CC4)CC32)O1. The highest BCUT2D eigenvalue weighted by Gasteiger charge is 2.51. The molecule has 136 valence electrons. The Hall–Kier alpha value is -0.940. The Balaban J connectivity index is 1.49. The quantitative estimate of drug-likeness (QED) is 0.540. The molecule has 9 nitrogen and oxygen atoms in total. The van der Waals surface area contributed by atoms with Gasteiger partial charge in [0.1, 0.15) is 6.23 Å². The zero-order chi connectivity index (χ0) is 17.1. The average molecular weight is 359 g/mol. The van der Waals surface area contributed by atoms with E-state index in [9.17, 15) is 13.2 Å². The van der Waals surface area contributed by atoms with Gasteiger partial charge in [-0.15, -0.1) is 0 Å². The van der Waals surface area contributed by atoms with Crippen molar-refractivity contribution in [2.75, 3.05) is 0 Å². The van der Waals surface area contributed by atoms with Crippen molar-refractivity contribution in [1.82, 2.24) is 25.8 Å². The fraction of sp³-hybridized carbons (Fsp3) is 0.929. The number of hydrogen-bond acceptors (Lipinski definition) is 6. The Morgan fingerprint density at radius 1 is 1.29 bits per heavy atom. The highest BCUT2D eigenvalue weighted by atomic mass is 32.2. The van der Waals surface area contributed by atoms with E-state index in [1.165, 1.54) is 0 Å². The van der Waals surface area contributed by atoms with Crippen LogP contribution in [-0.4, -0.2) is 54.8 Å². The number of carbonyl (C=O) groups excluding carboxylic acids is 1. The minimum atomic E-state index is -3.38. The van der Waals surface area contributed by atoms with Gasteiger partial charge in [-0.1, -0.05) is 0 Å². The molecule has 0 aromatic heterocycles. The lowest BCUT2D eigenvalue weighted by Gasteiger charge is -2.36. The number of sulfonamides is 1. The first kappa shape index (κ1) is 16.5. The number of urea groups is 1. The molecule has 4 rings (SSSR count). The maximum Gasteiger partial charge on any atom is 0.321 e. The van der Waals surface area contributed by atoms with Gasteiger partial charge in [0.25, 0.3) is 0 Å². The van der Waals surface area contributed by atoms with Gasteiger partial charge in [-0.3, -0.25) is 4.90 Å². The van der Waals surface area contributed by atoms with Crippen LogP contribution in [0.2, 0.25) is 0 Å². The van der Waals surface area contributed by atoms with E-state index in [4.69, 9.17) is 4.74 Å². The number of ether oxygens (including phenoxy) is 1. The maximum atomic E-state index is 12.7. The number of hydrogen-bond donors (Lipinski definition) is 4. The fourth-order valence-corrected chi connectivity index (χ4v) is 5.79. The summed E-state index contributed by atoms with van der Waals surface area (Å²) in [6, 6.07) is -0.426. The third-order valence-electron chi connectivity index (χ3n) is 5.49. The van der Waals surface area contributed by atoms with Crippen molar-refractivity contribution >= 4 is 16.1 Å². The smallest absolute Gasteiger partial charge is 0.321 e. The number of carbonyl (C=O) groups is 1. The summed E-state index contributed by atoms with van der Waals surface area (Å²) in [6.07, 6.45) is 2.64. The number of nitrogens with one attached hydrogen (secondary N) is 4. The van der Waals surface area contributed by atoms with Crippen molar-refractivity contribution in [1.29, 1.82) is 0 Å². The molecule has 0 aromatic rings. The molecule has 5 atom stereocenters. The van der Waals surface area contributed by atoms with Gasteiger partial charge >= 0.3 is 6.03 Å². The van der Waals surface area contributed by atoms with Gasteiger partial charge in [0.05, 0.1) is 17.3 Å². The van der Waals surface area contributed by atoms with Crippen LogP contribution in [0.5, 0.6) is 0 Å². The molecule has 4 aliphatic rings. The molecule has 2 aliphatic carbocycles. The second kappa shape index (κ2) is 5.53. The summed E-state index contributed by atoms with van der Waals surface area (Å²) < 4.78 is 33.9. The van der Waals surface area contributed by atoms with Crippen molar-refractivity contribution in [3.8, 4) is 0 Å². The summed E-state index contributed by atoms with van der Waals surface area (Å²) in [7, 11) is -3.38. The first-order valence-corrected chi connectivity index (χ1v) is 10.1. The molecule has 2 amide bonds. The predicted octanol–water partition coefficient (Wildman–Crippen LogP) is -0.473. The number of nitrogens with zero attached hydrogens (tertiary/aromatic N) is 1. The summed E-state index contributed by atoms with van der Waals surface area (Å²) >= 11 is 0. The predicted molar refractivity (Wildman–Crippen MR) is 85.9 cm³/mol. The lowest BCUT2D eigenvalue weighted by molar-refractivity contribution is -0.0488. The molecule has 24 heavy (non-hydrogen) atoms. The summed E-state index contributed by atoms with van der Waals surface area (Å²) in [5, 5.41) is 2.48. The third kappa shape index (κ3) is 2.90. The molecular weight excluding hydrogens is 334 g/mol. The average Bonchev–Trinajstić information content (AvgIpc) is 2.92. The largest absolute Gasteiger partial charge is 0.333 e. The second-order valence-corrected chi connectivity index (χ2v) is 9.55. The van der Waals surface area contributed by atoms with Gasteiger partial charge in [0.15, 0.2) is 0 Å². The molecule has 10 heteroatoms. The van der Waals surface area contributed by atoms with E-state index < -0.39 is 21.6 Å². The molecule has 2 aliphatic heterocycles. The zero-order valence-corrected chi connectivity index (χ0v) is 14.7. The van der Waals surface area contributed by atoms with Crippen LogP contribution in [0.15, 0.2) is 0 Å². The Morgan fingerprint density at radius 2 is 2.04 bits per heavy atom. The Labute approximate surface area is 141 Å². The van der Waals surface area contributed by atoms with Crippen LogP contribution < -0.4 is 20.9 Å². The topological polar surface area (TPSA) is 112 Å². The van der Waals surface area contributed by atoms with Gasteiger partial charge < -0.3 is 10.1 Å². The minimum Gasteiger partial charge on any atom is -0.333 e. The van der Waals surface area contributed by atoms with E-state index in [0.717, 1.165) is 12.8 Å². The third-order valence-corrected chi connectivity index (χ3v) is 7.58. The van der Waals surface area contributed by atoms with Gasteiger partial charge in [-0.05, 0) is 46.0 Å². The minimum absolute atomic E-state index is 0.0261. The van der Waals surface area contributed by atoms with E-state index >= 15 is 0 Å². The van der Waals surface area contributed by atoms with Crippen LogP contribution in [0, 0.1) is 0 Å². The van der Waals surface area contributed by atoms with Crippen molar-refractivity contribution in [2.24, 2.45) is 0 Å². The normalized spacial score (nSPS) is 41.2. The van der Waals surface area contributed by atoms with Crippen LogP contribution >= 0.6 is 0 Å². The molecule has 4 fully saturated rings. The number of hydrazine groups is 1. The van der Waals surface area contributed by atoms with Gasteiger partial charge in [-0.25, -0.2) is 28.8 Å². The van der Waals surface area contributed by atoms with Gasteiger partial charge in [-0.2, -0.15) is 0 Å². The van der Waals surface area contributed by atoms with E-state index in [-0.39, 0.29) is 29.9 Å². The standard InChI is InChI=1S/C14H25N5O4S/c1-8-16-17-13(23-8)19-11-7-9(3-4-10(11)15-12(19)20)24(21,22)18-14(2)5-6-14/h8-11,13,16-18H,3-7H2,1-2H3,(H,15,20). The molecule has 2 saturated carbocycles. The van der Waals surface area contributed by atoms with Crippen LogP contribution in [0.25, 0.3) is 0 Å². The molecule has 0 aromatic carbocycles. The Morgan fingerprint density at radius 3 is 2.67 bits per heavy atom. The summed E-state index contributed by atoms with van der Waals surface area (Å²) in [5.74, 6) is 0. The lowest BCUT2D eigenvalue weighted by Crippen LogP contribution is -2.54. The van der Waals surface area contributed by atoms with Gasteiger partial charge in [0.2, 0.25) is 16.4 Å². The van der Waals surface area contributed by atoms with E-state index in [2.05, 4.69) is 20.9 Å². The van der Waals surface area contributed by atoms with Crippen molar-refractivity contribution in [3.05, 3.63) is 0 Å². The summed E-state index contributed by atoms with van der Waals surface area (Å²) in [4.78, 5) is 13.9. The van der Waals surface area contributed by atoms with Crippen molar-refractivity contribution in [3.63, 3.8) is 0 Å². The molecule has 0 radical (unpaired) electrons. The highest BCUT2D eigenvalue weighted by molar-refractivity contribution is 7.90. The van der Waals surface area contributed by atoms with Crippen LogP contribution in [-0.2, 0) is 14.8 Å². The van der Waals surface area contributed by atoms with E-state index in [0.29, 0.717) is 19.3 Å². The van der Waals surface area contributed by atoms with Crippen molar-refractivity contribution < 1.29 is 17.9 Å². The summed E-state index contributed by atoms with van der Waals surface area (Å²) in [6.45, 7) is 3.78. The Bertz CT molecular complexity index is 637. The number of amides is 2. The molecule has 5 unspecified atom stereocenters. The van der Waals surface area contributed by atoms with Crippen LogP contribution in [0.3, 0.4) is 0 Å². The number of fused-ring (bicyclic) bond motifs is 1. The first-order chi connectivity index (χ1) is 11.3. The lowest BCUT2D eigenvalue weighted by atomic mass is 9.90. The second-order valence-electron chi connectivity index (χ2n) is 7.59. The fourth-order valence-electron chi connectivity index (χ4n) is 3.83. The van der Waals surface area contributed by atoms with E-state index in [1.807, 2.05) is 13.8 Å². The maximum absolute atomic E-state index is 12.7. The van der Waals surface area contributed by atoms with Gasteiger partial charge in [0, 0.05) is 5.54 Å². The molecular formula is C14H25N5O4S. The van der Waals surface area contributed by atoms with Crippen LogP contribution in [0.1, 0.15) is 46.0 Å². The molecule has 2 saturated heterocycles. The monoisotopic (exact) mass is 359 g/mol. The molecule has 2 heterocycles. The van der Waals surface area contributed by atoms with Crippen LogP contribution in [0.4, 0.5) is 4.79 Å². The molecule has 0 spiro atoms. The van der Waals surface area contributed by atoms with Crippen molar-refractivity contribution in [2.45, 2.75) is 81.4 Å².